The van der Waals surface area contributed by atoms with Crippen molar-refractivity contribution in [1.82, 2.24) is 10.6 Å². The summed E-state index contributed by atoms with van der Waals surface area (Å²) >= 11 is -0.0425. The molecule has 0 radical (unpaired) electrons. The van der Waals surface area contributed by atoms with E-state index in [1.807, 2.05) is 6.92 Å². The van der Waals surface area contributed by atoms with Crippen LogP contribution in [0.3, 0.4) is 0 Å². The molecular weight excluding hydrogens is 503 g/mol. The number of nitrogens with one attached hydrogen (secondary N) is 2. The number of aliphatic hydroxyl groups is 3. The number of carbonyl (C=O) groups is 1. The SMILES string of the molecule is CC(C)C[C@@H]1CCO[C@@H]2[C@H](CN[C@@H]2C(=O)N[C@H]2[C@H]3O[C@H]([Se]CC/C=C\[C@H]2C)[C@H](O)[C@@H](O)[C@H]3O)C1. The molecule has 0 aromatic rings. The van der Waals surface area contributed by atoms with Crippen LogP contribution in [0.15, 0.2) is 12.2 Å². The van der Waals surface area contributed by atoms with E-state index in [1.54, 1.807) is 0 Å². The van der Waals surface area contributed by atoms with Crippen LogP contribution in [0.5, 0.6) is 0 Å². The number of hydrogen-bond donors (Lipinski definition) is 5. The Balaban J connectivity index is 1.48. The molecule has 194 valence electrons. The molecule has 0 spiro atoms. The summed E-state index contributed by atoms with van der Waals surface area (Å²) in [5.41, 5.74) is 0. The van der Waals surface area contributed by atoms with Gasteiger partial charge < -0.3 is 0 Å². The van der Waals surface area contributed by atoms with E-state index in [-0.39, 0.29) is 32.9 Å². The van der Waals surface area contributed by atoms with Crippen molar-refractivity contribution in [3.8, 4) is 0 Å². The van der Waals surface area contributed by atoms with E-state index in [2.05, 4.69) is 36.6 Å². The number of rotatable bonds is 4. The molecule has 4 aliphatic heterocycles. The summed E-state index contributed by atoms with van der Waals surface area (Å²) in [5, 5.41) is 38.6. The van der Waals surface area contributed by atoms with Gasteiger partial charge in [0.2, 0.25) is 0 Å². The molecule has 11 atom stereocenters. The average Bonchev–Trinajstić information content (AvgIpc) is 3.08. The summed E-state index contributed by atoms with van der Waals surface area (Å²) in [6.45, 7) is 7.93. The predicted octanol–water partition coefficient (Wildman–Crippen LogP) is 0.427. The maximum atomic E-state index is 13.5. The van der Waals surface area contributed by atoms with E-state index >= 15 is 0 Å². The molecule has 4 rings (SSSR count). The van der Waals surface area contributed by atoms with Crippen LogP contribution in [-0.4, -0.2) is 96.9 Å². The number of hydrogen-bond acceptors (Lipinski definition) is 7. The fourth-order valence-electron chi connectivity index (χ4n) is 6.03. The first-order valence-corrected chi connectivity index (χ1v) is 15.1. The van der Waals surface area contributed by atoms with Gasteiger partial charge in [0.25, 0.3) is 0 Å². The van der Waals surface area contributed by atoms with Gasteiger partial charge in [-0.25, -0.2) is 0 Å². The van der Waals surface area contributed by atoms with Gasteiger partial charge in [-0.15, -0.1) is 0 Å². The molecule has 9 heteroatoms. The second-order valence-electron chi connectivity index (χ2n) is 10.9. The van der Waals surface area contributed by atoms with E-state index in [4.69, 9.17) is 9.47 Å². The molecule has 4 heterocycles. The zero-order valence-corrected chi connectivity index (χ0v) is 22.2. The summed E-state index contributed by atoms with van der Waals surface area (Å²) in [4.78, 5) is 13.5. The fraction of sp³-hybridized carbons (Fsp3) is 0.880. The minimum atomic E-state index is -1.29. The van der Waals surface area contributed by atoms with Gasteiger partial charge in [-0.05, 0) is 5.92 Å². The Kier molecular flexibility index (Phi) is 9.13. The minimum absolute atomic E-state index is 0.0425. The Labute approximate surface area is 209 Å². The number of allylic oxidation sites excluding steroid dienone is 1. The quantitative estimate of drug-likeness (QED) is 0.257. The van der Waals surface area contributed by atoms with Gasteiger partial charge in [0.05, 0.1) is 0 Å². The van der Waals surface area contributed by atoms with Crippen LogP contribution in [0.1, 0.15) is 46.5 Å². The monoisotopic (exact) mass is 546 g/mol. The summed E-state index contributed by atoms with van der Waals surface area (Å²) in [7, 11) is 0. The molecule has 0 saturated carbocycles. The third-order valence-electron chi connectivity index (χ3n) is 7.79. The van der Waals surface area contributed by atoms with Gasteiger partial charge in [-0.1, -0.05) is 13.8 Å². The predicted molar refractivity (Wildman–Crippen MR) is 129 cm³/mol. The molecule has 34 heavy (non-hydrogen) atoms. The van der Waals surface area contributed by atoms with Crippen LogP contribution < -0.4 is 10.6 Å². The van der Waals surface area contributed by atoms with Crippen LogP contribution in [0.2, 0.25) is 5.32 Å². The number of carbonyl (C=O) groups excluding carboxylic acids is 1. The van der Waals surface area contributed by atoms with E-state index in [0.29, 0.717) is 24.4 Å². The first-order valence-electron chi connectivity index (χ1n) is 12.9. The van der Waals surface area contributed by atoms with Gasteiger partial charge in [-0.2, -0.15) is 0 Å². The molecule has 0 aliphatic carbocycles. The molecule has 0 aromatic heterocycles. The molecule has 4 aliphatic rings. The Hall–Kier alpha value is -0.511. The van der Waals surface area contributed by atoms with Crippen LogP contribution in [-0.2, 0) is 14.3 Å². The maximum absolute atomic E-state index is 13.5. The number of ether oxygens (including phenoxy) is 2. The summed E-state index contributed by atoms with van der Waals surface area (Å²) < 4.78 is 12.4. The molecular formula is C25H42N2O6Se. The fourth-order valence-corrected chi connectivity index (χ4v) is 8.27. The molecule has 5 N–H and O–H groups in total. The second kappa shape index (κ2) is 11.7. The van der Waals surface area contributed by atoms with E-state index < -0.39 is 41.5 Å². The van der Waals surface area contributed by atoms with Crippen molar-refractivity contribution in [3.05, 3.63) is 12.2 Å². The van der Waals surface area contributed by atoms with Gasteiger partial charge in [-0.3, -0.25) is 0 Å². The zero-order chi connectivity index (χ0) is 24.4. The van der Waals surface area contributed by atoms with Gasteiger partial charge in [0.1, 0.15) is 0 Å². The van der Waals surface area contributed by atoms with E-state index in [9.17, 15) is 20.1 Å². The van der Waals surface area contributed by atoms with Crippen molar-refractivity contribution in [2.45, 2.75) is 99.4 Å². The van der Waals surface area contributed by atoms with Crippen LogP contribution in [0.4, 0.5) is 0 Å². The molecule has 3 fully saturated rings. The number of fused-ring (bicyclic) bond motifs is 3. The van der Waals surface area contributed by atoms with Crippen LogP contribution in [0, 0.1) is 23.7 Å². The first-order chi connectivity index (χ1) is 16.3. The van der Waals surface area contributed by atoms with Gasteiger partial charge in [0, 0.05) is 0 Å². The standard InChI is InChI=1S/C25H42N2O6Se/c1-13(2)10-15-7-8-32-22-16(11-15)12-26-18(22)24(31)27-17-14(3)6-4-5-9-34-25-21(30)19(28)20(29)23(17)33-25/h4,6,13-23,25-26,28-30H,5,7-12H2,1-3H3,(H,27,31)/b6-4-/t14-,15+,16+,17-,18+,19+,20-,21-,22-,23-,25-/m1/s1. The first kappa shape index (κ1) is 26.5. The van der Waals surface area contributed by atoms with Crippen LogP contribution >= 0.6 is 0 Å². The average molecular weight is 546 g/mol. The van der Waals surface area contributed by atoms with Crippen molar-refractivity contribution in [1.29, 1.82) is 0 Å². The van der Waals surface area contributed by atoms with Crippen LogP contribution in [0.25, 0.3) is 0 Å². The van der Waals surface area contributed by atoms with Crippen molar-refractivity contribution in [2.24, 2.45) is 23.7 Å². The van der Waals surface area contributed by atoms with E-state index in [0.717, 1.165) is 31.1 Å². The van der Waals surface area contributed by atoms with Crippen molar-refractivity contribution >= 4 is 20.9 Å². The Morgan fingerprint density at radius 1 is 1.21 bits per heavy atom. The molecule has 0 aromatic carbocycles. The molecule has 1 amide bonds. The third kappa shape index (κ3) is 5.89. The Morgan fingerprint density at radius 3 is 2.76 bits per heavy atom. The third-order valence-corrected chi connectivity index (χ3v) is 10.3. The van der Waals surface area contributed by atoms with E-state index in [1.165, 1.54) is 6.42 Å². The Morgan fingerprint density at radius 2 is 2.00 bits per heavy atom. The van der Waals surface area contributed by atoms with Crippen molar-refractivity contribution < 1.29 is 29.6 Å². The Bertz CT molecular complexity index is 724. The molecule has 8 nitrogen and oxygen atoms in total. The topological polar surface area (TPSA) is 120 Å². The number of aliphatic hydroxyl groups excluding tert-OH is 3. The summed E-state index contributed by atoms with van der Waals surface area (Å²) in [5.74, 6) is 1.32. The molecule has 2 bridgehead atoms. The summed E-state index contributed by atoms with van der Waals surface area (Å²) in [6, 6.07) is -0.983. The number of amides is 1. The normalized spacial score (nSPS) is 46.4. The second-order valence-corrected chi connectivity index (χ2v) is 13.5. The summed E-state index contributed by atoms with van der Waals surface area (Å²) in [6.07, 6.45) is 3.66. The van der Waals surface area contributed by atoms with Gasteiger partial charge >= 0.3 is 190 Å². The zero-order valence-electron chi connectivity index (χ0n) is 20.5. The van der Waals surface area contributed by atoms with Gasteiger partial charge in [0.15, 0.2) is 0 Å². The molecule has 3 saturated heterocycles. The molecule has 0 unspecified atom stereocenters. The van der Waals surface area contributed by atoms with Crippen molar-refractivity contribution in [3.63, 3.8) is 0 Å². The van der Waals surface area contributed by atoms with Crippen molar-refractivity contribution in [2.75, 3.05) is 13.2 Å².